The van der Waals surface area contributed by atoms with Gasteiger partial charge in [-0.2, -0.15) is 0 Å². The third-order valence-corrected chi connectivity index (χ3v) is 1.16. The summed E-state index contributed by atoms with van der Waals surface area (Å²) in [5.74, 6) is 0. The van der Waals surface area contributed by atoms with Crippen molar-refractivity contribution in [2.45, 2.75) is 0 Å². The Morgan fingerprint density at radius 3 is 2.29 bits per heavy atom. The Morgan fingerprint density at radius 1 is 1.43 bits per heavy atom. The largest absolute Gasteiger partial charge is 0.356 e. The molecular formula is C3H4N2S2. The topological polar surface area (TPSA) is 24.1 Å². The fourth-order valence-electron chi connectivity index (χ4n) is 0.376. The first-order valence-corrected chi connectivity index (χ1v) is 2.68. The van der Waals surface area contributed by atoms with Gasteiger partial charge in [-0.05, 0) is 12.2 Å². The highest BCUT2D eigenvalue weighted by Gasteiger charge is 2.06. The van der Waals surface area contributed by atoms with Gasteiger partial charge >= 0.3 is 0 Å². The molecule has 0 aromatic heterocycles. The van der Waals surface area contributed by atoms with Crippen molar-refractivity contribution < 1.29 is 0 Å². The minimum absolute atomic E-state index is 0.644. The molecule has 1 fully saturated rings. The molecule has 1 heterocycles. The molecule has 0 radical (unpaired) electrons. The van der Waals surface area contributed by atoms with Gasteiger partial charge in [0, 0.05) is 0 Å². The molecule has 7 heavy (non-hydrogen) atoms. The SMILES string of the molecule is S=C1CNC(=S)N1. The Morgan fingerprint density at radius 2 is 2.14 bits per heavy atom. The van der Waals surface area contributed by atoms with Crippen LogP contribution in [-0.4, -0.2) is 16.6 Å². The number of hydrogen-bond donors (Lipinski definition) is 2. The Bertz CT molecular complexity index is 106. The molecule has 0 unspecified atom stereocenters. The van der Waals surface area contributed by atoms with Gasteiger partial charge in [-0.25, -0.2) is 0 Å². The van der Waals surface area contributed by atoms with E-state index in [0.29, 0.717) is 11.7 Å². The minimum atomic E-state index is 0.644. The van der Waals surface area contributed by atoms with Gasteiger partial charge in [0.05, 0.1) is 6.54 Å². The lowest BCUT2D eigenvalue weighted by Crippen LogP contribution is -2.21. The molecule has 38 valence electrons. The van der Waals surface area contributed by atoms with E-state index in [9.17, 15) is 0 Å². The summed E-state index contributed by atoms with van der Waals surface area (Å²) in [4.78, 5) is 0.782. The van der Waals surface area contributed by atoms with E-state index in [4.69, 9.17) is 12.2 Å². The van der Waals surface area contributed by atoms with E-state index in [0.717, 1.165) is 4.99 Å². The number of nitrogens with one attached hydrogen (secondary N) is 2. The van der Waals surface area contributed by atoms with Gasteiger partial charge < -0.3 is 10.6 Å². The van der Waals surface area contributed by atoms with Crippen LogP contribution >= 0.6 is 24.4 Å². The molecule has 0 aromatic carbocycles. The summed E-state index contributed by atoms with van der Waals surface area (Å²) in [6.45, 7) is 0.703. The van der Waals surface area contributed by atoms with Gasteiger partial charge in [-0.1, -0.05) is 12.2 Å². The summed E-state index contributed by atoms with van der Waals surface area (Å²) in [5, 5.41) is 6.26. The number of rotatable bonds is 0. The monoisotopic (exact) mass is 132 g/mol. The molecule has 2 nitrogen and oxygen atoms in total. The molecule has 0 atom stereocenters. The van der Waals surface area contributed by atoms with Crippen molar-refractivity contribution in [1.82, 2.24) is 10.6 Å². The van der Waals surface area contributed by atoms with Crippen LogP contribution in [0.4, 0.5) is 0 Å². The third-order valence-electron chi connectivity index (χ3n) is 0.662. The summed E-state index contributed by atoms with van der Waals surface area (Å²) in [7, 11) is 0. The highest BCUT2D eigenvalue weighted by atomic mass is 32.1. The van der Waals surface area contributed by atoms with Crippen LogP contribution in [0.2, 0.25) is 0 Å². The molecule has 2 N–H and O–H groups in total. The van der Waals surface area contributed by atoms with E-state index in [1.807, 2.05) is 0 Å². The average molecular weight is 132 g/mol. The summed E-state index contributed by atoms with van der Waals surface area (Å²) in [6, 6.07) is 0. The van der Waals surface area contributed by atoms with Crippen LogP contribution in [0.25, 0.3) is 0 Å². The molecule has 4 heteroatoms. The van der Waals surface area contributed by atoms with E-state index >= 15 is 0 Å². The normalized spacial score (nSPS) is 18.9. The first kappa shape index (κ1) is 4.93. The van der Waals surface area contributed by atoms with Gasteiger partial charge in [0.25, 0.3) is 0 Å². The second kappa shape index (κ2) is 1.71. The molecule has 1 saturated heterocycles. The van der Waals surface area contributed by atoms with Gasteiger partial charge in [0.1, 0.15) is 4.99 Å². The van der Waals surface area contributed by atoms with E-state index in [2.05, 4.69) is 22.9 Å². The van der Waals surface area contributed by atoms with E-state index < -0.39 is 0 Å². The molecular weight excluding hydrogens is 128 g/mol. The Hall–Kier alpha value is -0.220. The van der Waals surface area contributed by atoms with Crippen molar-refractivity contribution in [3.8, 4) is 0 Å². The zero-order valence-corrected chi connectivity index (χ0v) is 5.16. The van der Waals surface area contributed by atoms with Crippen molar-refractivity contribution in [2.75, 3.05) is 6.54 Å². The van der Waals surface area contributed by atoms with Crippen molar-refractivity contribution >= 4 is 34.5 Å². The van der Waals surface area contributed by atoms with Crippen LogP contribution in [0.15, 0.2) is 0 Å². The Kier molecular flexibility index (Phi) is 1.21. The quantitative estimate of drug-likeness (QED) is 0.445. The van der Waals surface area contributed by atoms with Gasteiger partial charge in [0.15, 0.2) is 5.11 Å². The van der Waals surface area contributed by atoms with Crippen molar-refractivity contribution in [2.24, 2.45) is 0 Å². The first-order chi connectivity index (χ1) is 3.29. The van der Waals surface area contributed by atoms with E-state index in [1.54, 1.807) is 0 Å². The van der Waals surface area contributed by atoms with Crippen molar-refractivity contribution in [3.05, 3.63) is 0 Å². The molecule has 0 spiro atoms. The fourth-order valence-corrected chi connectivity index (χ4v) is 0.810. The predicted octanol–water partition coefficient (Wildman–Crippen LogP) is -0.209. The average Bonchev–Trinajstić information content (AvgIpc) is 1.87. The molecule has 0 saturated carbocycles. The minimum Gasteiger partial charge on any atom is -0.356 e. The highest BCUT2D eigenvalue weighted by Crippen LogP contribution is 1.79. The Labute approximate surface area is 52.3 Å². The summed E-state index contributed by atoms with van der Waals surface area (Å²) in [5.41, 5.74) is 0. The lowest BCUT2D eigenvalue weighted by Gasteiger charge is -1.85. The van der Waals surface area contributed by atoms with Crippen molar-refractivity contribution in [1.29, 1.82) is 0 Å². The maximum Gasteiger partial charge on any atom is 0.171 e. The zero-order chi connectivity index (χ0) is 5.28. The number of thiocarbonyl (C=S) groups is 2. The van der Waals surface area contributed by atoms with Crippen LogP contribution < -0.4 is 10.6 Å². The predicted molar refractivity (Wildman–Crippen MR) is 36.3 cm³/mol. The lowest BCUT2D eigenvalue weighted by atomic mass is 10.7. The molecule has 1 aliphatic heterocycles. The van der Waals surface area contributed by atoms with Gasteiger partial charge in [-0.3, -0.25) is 0 Å². The van der Waals surface area contributed by atoms with Crippen LogP contribution in [-0.2, 0) is 0 Å². The summed E-state index contributed by atoms with van der Waals surface area (Å²) >= 11 is 9.42. The molecule has 0 bridgehead atoms. The molecule has 1 rings (SSSR count). The van der Waals surface area contributed by atoms with Crippen molar-refractivity contribution in [3.63, 3.8) is 0 Å². The van der Waals surface area contributed by atoms with E-state index in [1.165, 1.54) is 0 Å². The van der Waals surface area contributed by atoms with Gasteiger partial charge in [0.2, 0.25) is 0 Å². The highest BCUT2D eigenvalue weighted by molar-refractivity contribution is 7.82. The fraction of sp³-hybridized carbons (Fsp3) is 0.333. The molecule has 1 aliphatic rings. The third kappa shape index (κ3) is 1.07. The standard InChI is InChI=1S/C3H4N2S2/c6-2-1-4-3(7)5-2/h1H2,(H2,4,5,6,7). The van der Waals surface area contributed by atoms with Gasteiger partial charge in [-0.15, -0.1) is 0 Å². The van der Waals surface area contributed by atoms with E-state index in [-0.39, 0.29) is 0 Å². The second-order valence-electron chi connectivity index (χ2n) is 1.23. The van der Waals surface area contributed by atoms with Crippen LogP contribution in [0, 0.1) is 0 Å². The smallest absolute Gasteiger partial charge is 0.171 e. The second-order valence-corrected chi connectivity index (χ2v) is 2.13. The number of hydrogen-bond acceptors (Lipinski definition) is 2. The molecule has 0 aliphatic carbocycles. The molecule has 0 amide bonds. The maximum absolute atomic E-state index is 4.73. The van der Waals surface area contributed by atoms with Crippen LogP contribution in [0.3, 0.4) is 0 Å². The Balaban J connectivity index is 2.55. The first-order valence-electron chi connectivity index (χ1n) is 1.87. The van der Waals surface area contributed by atoms with Crippen LogP contribution in [0.5, 0.6) is 0 Å². The summed E-state index contributed by atoms with van der Waals surface area (Å²) in [6.07, 6.45) is 0. The lowest BCUT2D eigenvalue weighted by molar-refractivity contribution is 1.15. The zero-order valence-electron chi connectivity index (χ0n) is 3.52. The molecule has 0 aromatic rings. The summed E-state index contributed by atoms with van der Waals surface area (Å²) < 4.78 is 0. The maximum atomic E-state index is 4.73. The van der Waals surface area contributed by atoms with Crippen LogP contribution in [0.1, 0.15) is 0 Å².